The van der Waals surface area contributed by atoms with Gasteiger partial charge in [-0.3, -0.25) is 0 Å². The molecule has 7 heteroatoms. The molecule has 0 radical (unpaired) electrons. The molecule has 0 heterocycles. The average molecular weight is 249 g/mol. The van der Waals surface area contributed by atoms with Crippen molar-refractivity contribution in [2.75, 3.05) is 12.3 Å². The smallest absolute Gasteiger partial charge is 0.387 e. The Morgan fingerprint density at radius 2 is 2.12 bits per heavy atom. The van der Waals surface area contributed by atoms with Gasteiger partial charge in [-0.1, -0.05) is 0 Å². The molecule has 0 bridgehead atoms. The zero-order valence-electron chi connectivity index (χ0n) is 8.88. The van der Waals surface area contributed by atoms with Crippen LogP contribution in [0.1, 0.15) is 17.3 Å². The maximum absolute atomic E-state index is 13.2. The number of nitrogens with two attached hydrogens (primary N) is 1. The SMILES string of the molecule is CCOC(=O)c1cc(F)c(N)c(OC(F)F)c1. The van der Waals surface area contributed by atoms with E-state index in [2.05, 4.69) is 9.47 Å². The molecule has 94 valence electrons. The Bertz CT molecular complexity index is 424. The van der Waals surface area contributed by atoms with Gasteiger partial charge in [0.1, 0.15) is 5.69 Å². The summed E-state index contributed by atoms with van der Waals surface area (Å²) < 4.78 is 45.8. The largest absolute Gasteiger partial charge is 0.462 e. The number of benzene rings is 1. The van der Waals surface area contributed by atoms with Crippen LogP contribution < -0.4 is 10.5 Å². The van der Waals surface area contributed by atoms with E-state index in [1.165, 1.54) is 0 Å². The zero-order valence-corrected chi connectivity index (χ0v) is 8.88. The maximum atomic E-state index is 13.2. The number of carbonyl (C=O) groups excluding carboxylic acids is 1. The summed E-state index contributed by atoms with van der Waals surface area (Å²) in [6.45, 7) is -1.52. The molecule has 17 heavy (non-hydrogen) atoms. The van der Waals surface area contributed by atoms with Crippen LogP contribution in [-0.4, -0.2) is 19.2 Å². The summed E-state index contributed by atoms with van der Waals surface area (Å²) in [6.07, 6.45) is 0. The van der Waals surface area contributed by atoms with Crippen molar-refractivity contribution in [2.45, 2.75) is 13.5 Å². The molecule has 0 aliphatic carbocycles. The molecule has 1 aromatic rings. The Labute approximate surface area is 95.1 Å². The van der Waals surface area contributed by atoms with Crippen LogP contribution in [0.25, 0.3) is 0 Å². The predicted octanol–water partition coefficient (Wildman–Crippen LogP) is 2.19. The van der Waals surface area contributed by atoms with Crippen molar-refractivity contribution in [2.24, 2.45) is 0 Å². The molecule has 0 amide bonds. The summed E-state index contributed by atoms with van der Waals surface area (Å²) >= 11 is 0. The Morgan fingerprint density at radius 1 is 1.47 bits per heavy atom. The minimum atomic E-state index is -3.16. The van der Waals surface area contributed by atoms with Gasteiger partial charge in [-0.25, -0.2) is 9.18 Å². The van der Waals surface area contributed by atoms with Crippen LogP contribution in [0.5, 0.6) is 5.75 Å². The minimum absolute atomic E-state index is 0.0792. The van der Waals surface area contributed by atoms with Crippen LogP contribution in [-0.2, 0) is 4.74 Å². The second-order valence-corrected chi connectivity index (χ2v) is 2.97. The first-order chi connectivity index (χ1) is 7.95. The van der Waals surface area contributed by atoms with E-state index in [-0.39, 0.29) is 12.2 Å². The molecule has 0 aliphatic heterocycles. The Balaban J connectivity index is 3.09. The highest BCUT2D eigenvalue weighted by atomic mass is 19.3. The third-order valence-electron chi connectivity index (χ3n) is 1.82. The van der Waals surface area contributed by atoms with E-state index in [0.717, 1.165) is 12.1 Å². The standard InChI is InChI=1S/C10H10F3NO3/c1-2-16-9(15)5-3-6(11)8(14)7(4-5)17-10(12)13/h3-4,10H,2,14H2,1H3. The van der Waals surface area contributed by atoms with Crippen LogP contribution in [0.15, 0.2) is 12.1 Å². The Morgan fingerprint density at radius 3 is 2.65 bits per heavy atom. The summed E-state index contributed by atoms with van der Waals surface area (Å²) in [5.41, 5.74) is 4.36. The highest BCUT2D eigenvalue weighted by Crippen LogP contribution is 2.28. The molecule has 0 fully saturated rings. The van der Waals surface area contributed by atoms with Crippen LogP contribution in [0.3, 0.4) is 0 Å². The molecule has 0 spiro atoms. The number of ether oxygens (including phenoxy) is 2. The number of carbonyl (C=O) groups is 1. The van der Waals surface area contributed by atoms with E-state index in [1.54, 1.807) is 6.92 Å². The van der Waals surface area contributed by atoms with Gasteiger partial charge in [-0.05, 0) is 19.1 Å². The fraction of sp³-hybridized carbons (Fsp3) is 0.300. The summed E-state index contributed by atoms with van der Waals surface area (Å²) in [5, 5.41) is 0. The summed E-state index contributed by atoms with van der Waals surface area (Å²) in [4.78, 5) is 11.3. The van der Waals surface area contributed by atoms with Crippen molar-refractivity contribution in [3.8, 4) is 5.75 Å². The number of rotatable bonds is 4. The Kier molecular flexibility index (Phi) is 4.19. The second-order valence-electron chi connectivity index (χ2n) is 2.97. The zero-order chi connectivity index (χ0) is 13.0. The highest BCUT2D eigenvalue weighted by molar-refractivity contribution is 5.90. The van der Waals surface area contributed by atoms with E-state index < -0.39 is 29.8 Å². The first kappa shape index (κ1) is 13.1. The first-order valence-electron chi connectivity index (χ1n) is 4.66. The monoisotopic (exact) mass is 249 g/mol. The molecule has 0 atom stereocenters. The van der Waals surface area contributed by atoms with Crippen LogP contribution in [0, 0.1) is 5.82 Å². The molecule has 2 N–H and O–H groups in total. The quantitative estimate of drug-likeness (QED) is 0.656. The van der Waals surface area contributed by atoms with Gasteiger partial charge >= 0.3 is 12.6 Å². The third-order valence-corrected chi connectivity index (χ3v) is 1.82. The van der Waals surface area contributed by atoms with Gasteiger partial charge in [-0.15, -0.1) is 0 Å². The van der Waals surface area contributed by atoms with E-state index >= 15 is 0 Å². The van der Waals surface area contributed by atoms with Gasteiger partial charge in [-0.2, -0.15) is 8.78 Å². The number of nitrogen functional groups attached to an aromatic ring is 1. The first-order valence-corrected chi connectivity index (χ1v) is 4.66. The number of anilines is 1. The minimum Gasteiger partial charge on any atom is -0.462 e. The van der Waals surface area contributed by atoms with Gasteiger partial charge in [0.05, 0.1) is 12.2 Å². The molecule has 1 rings (SSSR count). The Hall–Kier alpha value is -1.92. The van der Waals surface area contributed by atoms with Gasteiger partial charge in [0.2, 0.25) is 0 Å². The van der Waals surface area contributed by atoms with E-state index in [9.17, 15) is 18.0 Å². The molecule has 0 saturated carbocycles. The molecule has 4 nitrogen and oxygen atoms in total. The van der Waals surface area contributed by atoms with Crippen molar-refractivity contribution >= 4 is 11.7 Å². The summed E-state index contributed by atoms with van der Waals surface area (Å²) in [5.74, 6) is -2.46. The number of hydrogen-bond donors (Lipinski definition) is 1. The molecular weight excluding hydrogens is 239 g/mol. The summed E-state index contributed by atoms with van der Waals surface area (Å²) in [6, 6.07) is 1.70. The van der Waals surface area contributed by atoms with E-state index in [4.69, 9.17) is 5.73 Å². The van der Waals surface area contributed by atoms with Crippen LogP contribution in [0.2, 0.25) is 0 Å². The van der Waals surface area contributed by atoms with Gasteiger partial charge < -0.3 is 15.2 Å². The van der Waals surface area contributed by atoms with Crippen molar-refractivity contribution < 1.29 is 27.4 Å². The van der Waals surface area contributed by atoms with Crippen molar-refractivity contribution in [3.63, 3.8) is 0 Å². The maximum Gasteiger partial charge on any atom is 0.387 e. The number of esters is 1. The lowest BCUT2D eigenvalue weighted by atomic mass is 10.2. The van der Waals surface area contributed by atoms with Gasteiger partial charge in [0, 0.05) is 0 Å². The average Bonchev–Trinajstić information content (AvgIpc) is 2.24. The lowest BCUT2D eigenvalue weighted by Gasteiger charge is -2.10. The molecule has 0 saturated heterocycles. The van der Waals surface area contributed by atoms with Crippen LogP contribution >= 0.6 is 0 Å². The highest BCUT2D eigenvalue weighted by Gasteiger charge is 2.17. The molecule has 1 aromatic carbocycles. The predicted molar refractivity (Wildman–Crippen MR) is 53.4 cm³/mol. The molecular formula is C10H10F3NO3. The van der Waals surface area contributed by atoms with Crippen molar-refractivity contribution in [3.05, 3.63) is 23.5 Å². The summed E-state index contributed by atoms with van der Waals surface area (Å²) in [7, 11) is 0. The third kappa shape index (κ3) is 3.27. The fourth-order valence-electron chi connectivity index (χ4n) is 1.12. The fourth-order valence-corrected chi connectivity index (χ4v) is 1.12. The number of alkyl halides is 2. The van der Waals surface area contributed by atoms with E-state index in [1.807, 2.05) is 0 Å². The number of hydrogen-bond acceptors (Lipinski definition) is 4. The van der Waals surface area contributed by atoms with Crippen molar-refractivity contribution in [1.29, 1.82) is 0 Å². The van der Waals surface area contributed by atoms with Crippen molar-refractivity contribution in [1.82, 2.24) is 0 Å². The normalized spacial score (nSPS) is 10.4. The second kappa shape index (κ2) is 5.42. The lowest BCUT2D eigenvalue weighted by molar-refractivity contribution is -0.0495. The lowest BCUT2D eigenvalue weighted by Crippen LogP contribution is -2.10. The molecule has 0 aromatic heterocycles. The molecule has 0 unspecified atom stereocenters. The number of halogens is 3. The molecule has 0 aliphatic rings. The van der Waals surface area contributed by atoms with Gasteiger partial charge in [0.25, 0.3) is 0 Å². The topological polar surface area (TPSA) is 61.5 Å². The van der Waals surface area contributed by atoms with E-state index in [0.29, 0.717) is 0 Å². The van der Waals surface area contributed by atoms with Crippen LogP contribution in [0.4, 0.5) is 18.9 Å². The van der Waals surface area contributed by atoms with Gasteiger partial charge in [0.15, 0.2) is 11.6 Å².